The summed E-state index contributed by atoms with van der Waals surface area (Å²) in [6, 6.07) is 0. The maximum absolute atomic E-state index is 4.03. The molecule has 55 valence electrons. The fourth-order valence-electron chi connectivity index (χ4n) is 0.909. The van der Waals surface area contributed by atoms with Crippen LogP contribution in [0.15, 0.2) is 5.03 Å². The summed E-state index contributed by atoms with van der Waals surface area (Å²) >= 11 is 1.72. The SMILES string of the molecule is CCc1[c]nn(C)c1SC. The van der Waals surface area contributed by atoms with Crippen molar-refractivity contribution in [2.24, 2.45) is 7.05 Å². The van der Waals surface area contributed by atoms with Gasteiger partial charge in [-0.05, 0) is 12.7 Å². The van der Waals surface area contributed by atoms with Gasteiger partial charge in [-0.1, -0.05) is 6.92 Å². The van der Waals surface area contributed by atoms with Gasteiger partial charge in [-0.2, -0.15) is 5.10 Å². The average Bonchev–Trinajstić information content (AvgIpc) is 2.30. The topological polar surface area (TPSA) is 17.8 Å². The molecule has 0 aliphatic heterocycles. The summed E-state index contributed by atoms with van der Waals surface area (Å²) in [6.07, 6.45) is 6.04. The highest BCUT2D eigenvalue weighted by atomic mass is 32.2. The van der Waals surface area contributed by atoms with Crippen molar-refractivity contribution in [3.8, 4) is 0 Å². The second kappa shape index (κ2) is 3.10. The lowest BCUT2D eigenvalue weighted by Crippen LogP contribution is -1.92. The molecule has 1 aromatic heterocycles. The van der Waals surface area contributed by atoms with Gasteiger partial charge in [-0.3, -0.25) is 4.68 Å². The Morgan fingerprint density at radius 1 is 1.70 bits per heavy atom. The number of rotatable bonds is 2. The Balaban J connectivity index is 3.01. The van der Waals surface area contributed by atoms with Crippen molar-refractivity contribution < 1.29 is 0 Å². The molecular weight excluding hydrogens is 144 g/mol. The molecule has 0 saturated carbocycles. The van der Waals surface area contributed by atoms with Crippen LogP contribution in [0.1, 0.15) is 12.5 Å². The average molecular weight is 155 g/mol. The summed E-state index contributed by atoms with van der Waals surface area (Å²) in [4.78, 5) is 0. The molecule has 0 N–H and O–H groups in total. The van der Waals surface area contributed by atoms with Crippen LogP contribution >= 0.6 is 11.8 Å². The van der Waals surface area contributed by atoms with E-state index in [0.29, 0.717) is 0 Å². The van der Waals surface area contributed by atoms with Crippen molar-refractivity contribution in [1.29, 1.82) is 0 Å². The zero-order chi connectivity index (χ0) is 7.56. The third-order valence-electron chi connectivity index (χ3n) is 1.43. The van der Waals surface area contributed by atoms with Gasteiger partial charge in [-0.25, -0.2) is 0 Å². The molecule has 0 aliphatic carbocycles. The summed E-state index contributed by atoms with van der Waals surface area (Å²) in [7, 11) is 1.95. The molecule has 0 aromatic carbocycles. The van der Waals surface area contributed by atoms with E-state index in [1.807, 2.05) is 11.7 Å². The Morgan fingerprint density at radius 2 is 2.40 bits per heavy atom. The summed E-state index contributed by atoms with van der Waals surface area (Å²) in [5, 5.41) is 5.25. The zero-order valence-electron chi connectivity index (χ0n) is 6.51. The number of aryl methyl sites for hydroxylation is 2. The zero-order valence-corrected chi connectivity index (χ0v) is 7.33. The molecule has 0 bridgehead atoms. The van der Waals surface area contributed by atoms with Gasteiger partial charge in [0.15, 0.2) is 0 Å². The standard InChI is InChI=1S/C7H11N2S/c1-4-6-5-8-9(2)7(6)10-3/h4H2,1-3H3. The van der Waals surface area contributed by atoms with E-state index in [4.69, 9.17) is 0 Å². The Kier molecular flexibility index (Phi) is 2.38. The Morgan fingerprint density at radius 3 is 2.80 bits per heavy atom. The molecule has 0 fully saturated rings. The molecule has 1 heterocycles. The maximum atomic E-state index is 4.03. The van der Waals surface area contributed by atoms with Crippen molar-refractivity contribution in [3.63, 3.8) is 0 Å². The number of thioether (sulfide) groups is 1. The van der Waals surface area contributed by atoms with E-state index in [0.717, 1.165) is 6.42 Å². The van der Waals surface area contributed by atoms with Gasteiger partial charge in [0.05, 0.1) is 5.03 Å². The van der Waals surface area contributed by atoms with Crippen LogP contribution in [0.4, 0.5) is 0 Å². The monoisotopic (exact) mass is 155 g/mol. The van der Waals surface area contributed by atoms with E-state index in [1.54, 1.807) is 11.8 Å². The third kappa shape index (κ3) is 1.19. The fourth-order valence-corrected chi connectivity index (χ4v) is 1.65. The van der Waals surface area contributed by atoms with Crippen molar-refractivity contribution >= 4 is 11.8 Å². The lowest BCUT2D eigenvalue weighted by atomic mass is 10.3. The minimum absolute atomic E-state index is 1.02. The van der Waals surface area contributed by atoms with Crippen LogP contribution in [0.3, 0.4) is 0 Å². The lowest BCUT2D eigenvalue weighted by molar-refractivity contribution is 0.693. The first-order valence-corrected chi connectivity index (χ1v) is 4.49. The Labute approximate surface area is 65.6 Å². The Bertz CT molecular complexity index is 217. The van der Waals surface area contributed by atoms with Crippen LogP contribution in [-0.4, -0.2) is 16.0 Å². The van der Waals surface area contributed by atoms with Crippen LogP contribution in [-0.2, 0) is 13.5 Å². The molecule has 1 radical (unpaired) electrons. The number of aromatic nitrogens is 2. The predicted molar refractivity (Wildman–Crippen MR) is 43.2 cm³/mol. The van der Waals surface area contributed by atoms with Gasteiger partial charge in [0, 0.05) is 12.6 Å². The molecule has 1 rings (SSSR count). The number of hydrogen-bond acceptors (Lipinski definition) is 2. The highest BCUT2D eigenvalue weighted by molar-refractivity contribution is 7.98. The van der Waals surface area contributed by atoms with Gasteiger partial charge in [-0.15, -0.1) is 11.8 Å². The van der Waals surface area contributed by atoms with Crippen LogP contribution in [0.25, 0.3) is 0 Å². The quantitative estimate of drug-likeness (QED) is 0.602. The van der Waals surface area contributed by atoms with Crippen LogP contribution < -0.4 is 0 Å². The van der Waals surface area contributed by atoms with Crippen molar-refractivity contribution in [2.75, 3.05) is 6.26 Å². The van der Waals surface area contributed by atoms with E-state index in [1.165, 1.54) is 10.6 Å². The van der Waals surface area contributed by atoms with Crippen molar-refractivity contribution in [3.05, 3.63) is 11.8 Å². The molecule has 1 aromatic rings. The molecule has 0 amide bonds. The molecule has 3 heteroatoms. The molecule has 10 heavy (non-hydrogen) atoms. The van der Waals surface area contributed by atoms with E-state index in [2.05, 4.69) is 24.5 Å². The summed E-state index contributed by atoms with van der Waals surface area (Å²) < 4.78 is 1.86. The molecule has 0 spiro atoms. The van der Waals surface area contributed by atoms with Crippen LogP contribution in [0, 0.1) is 6.20 Å². The maximum Gasteiger partial charge on any atom is 0.117 e. The second-order valence-electron chi connectivity index (χ2n) is 2.08. The first-order valence-electron chi connectivity index (χ1n) is 3.27. The highest BCUT2D eigenvalue weighted by Crippen LogP contribution is 2.18. The van der Waals surface area contributed by atoms with E-state index in [-0.39, 0.29) is 0 Å². The van der Waals surface area contributed by atoms with E-state index >= 15 is 0 Å². The van der Waals surface area contributed by atoms with Gasteiger partial charge in [0.1, 0.15) is 6.20 Å². The molecule has 0 aliphatic rings. The van der Waals surface area contributed by atoms with E-state index in [9.17, 15) is 0 Å². The molecule has 0 unspecified atom stereocenters. The second-order valence-corrected chi connectivity index (χ2v) is 2.87. The van der Waals surface area contributed by atoms with E-state index < -0.39 is 0 Å². The fraction of sp³-hybridized carbons (Fsp3) is 0.571. The van der Waals surface area contributed by atoms with Gasteiger partial charge in [0.2, 0.25) is 0 Å². The smallest absolute Gasteiger partial charge is 0.117 e. The first kappa shape index (κ1) is 7.66. The van der Waals surface area contributed by atoms with Crippen LogP contribution in [0.5, 0.6) is 0 Å². The largest absolute Gasteiger partial charge is 0.261 e. The molecular formula is C7H11N2S. The molecule has 0 atom stereocenters. The summed E-state index contributed by atoms with van der Waals surface area (Å²) in [6.45, 7) is 2.12. The molecule has 2 nitrogen and oxygen atoms in total. The highest BCUT2D eigenvalue weighted by Gasteiger charge is 2.03. The Hall–Kier alpha value is -0.440. The van der Waals surface area contributed by atoms with Gasteiger partial charge >= 0.3 is 0 Å². The molecule has 0 saturated heterocycles. The summed E-state index contributed by atoms with van der Waals surface area (Å²) in [5.74, 6) is 0. The number of hydrogen-bond donors (Lipinski definition) is 0. The predicted octanol–water partition coefficient (Wildman–Crippen LogP) is 1.50. The van der Waals surface area contributed by atoms with Crippen molar-refractivity contribution in [1.82, 2.24) is 9.78 Å². The minimum atomic E-state index is 1.02. The van der Waals surface area contributed by atoms with Gasteiger partial charge < -0.3 is 0 Å². The van der Waals surface area contributed by atoms with Crippen LogP contribution in [0.2, 0.25) is 0 Å². The van der Waals surface area contributed by atoms with Gasteiger partial charge in [0.25, 0.3) is 0 Å². The summed E-state index contributed by atoms with van der Waals surface area (Å²) in [5.41, 5.74) is 1.22. The normalized spacial score (nSPS) is 10.3. The van der Waals surface area contributed by atoms with Crippen molar-refractivity contribution in [2.45, 2.75) is 18.4 Å². The lowest BCUT2D eigenvalue weighted by Gasteiger charge is -1.97. The first-order chi connectivity index (χ1) is 4.79. The number of nitrogens with zero attached hydrogens (tertiary/aromatic N) is 2. The minimum Gasteiger partial charge on any atom is -0.261 e. The third-order valence-corrected chi connectivity index (χ3v) is 2.33.